The van der Waals surface area contributed by atoms with Crippen LogP contribution in [0.3, 0.4) is 0 Å². The van der Waals surface area contributed by atoms with E-state index < -0.39 is 0 Å². The molecule has 0 spiro atoms. The summed E-state index contributed by atoms with van der Waals surface area (Å²) in [7, 11) is 0. The van der Waals surface area contributed by atoms with Crippen LogP contribution in [0.4, 0.5) is 11.5 Å². The Bertz CT molecular complexity index is 849. The predicted octanol–water partition coefficient (Wildman–Crippen LogP) is 1.34. The smallest absolute Gasteiger partial charge is 0.243 e. The molecule has 0 fully saturated rings. The highest BCUT2D eigenvalue weighted by Gasteiger charge is 2.10. The van der Waals surface area contributed by atoms with Crippen LogP contribution in [-0.4, -0.2) is 34.1 Å². The van der Waals surface area contributed by atoms with Gasteiger partial charge in [-0.25, -0.2) is 9.97 Å². The number of thioether (sulfide) groups is 1. The largest absolute Gasteiger partial charge is 0.382 e. The van der Waals surface area contributed by atoms with Gasteiger partial charge in [-0.05, 0) is 18.1 Å². The molecule has 2 amide bonds. The maximum atomic E-state index is 12.0. The van der Waals surface area contributed by atoms with Gasteiger partial charge < -0.3 is 16.4 Å². The third-order valence-corrected chi connectivity index (χ3v) is 4.23. The molecule has 26 heavy (non-hydrogen) atoms. The fraction of sp³-hybridized carbons (Fsp3) is 0.235. The summed E-state index contributed by atoms with van der Waals surface area (Å²) >= 11 is 1.07. The molecule has 1 heterocycles. The zero-order valence-corrected chi connectivity index (χ0v) is 15.0. The van der Waals surface area contributed by atoms with E-state index >= 15 is 0 Å². The van der Waals surface area contributed by atoms with Gasteiger partial charge in [-0.1, -0.05) is 36.9 Å². The Labute approximate surface area is 155 Å². The second-order valence-corrected chi connectivity index (χ2v) is 6.13. The molecule has 9 heteroatoms. The number of amides is 2. The highest BCUT2D eigenvalue weighted by atomic mass is 32.2. The molecule has 0 radical (unpaired) electrons. The molecule has 0 bridgehead atoms. The Kier molecular flexibility index (Phi) is 6.93. The van der Waals surface area contributed by atoms with Gasteiger partial charge in [0.05, 0.1) is 18.5 Å². The van der Waals surface area contributed by atoms with Crippen molar-refractivity contribution in [2.75, 3.05) is 23.3 Å². The summed E-state index contributed by atoms with van der Waals surface area (Å²) in [6, 6.07) is 9.37. The maximum Gasteiger partial charge on any atom is 0.243 e. The summed E-state index contributed by atoms with van der Waals surface area (Å²) in [4.78, 5) is 31.7. The molecule has 0 aliphatic rings. The number of carbonyl (C=O) groups excluding carboxylic acids is 2. The molecule has 134 valence electrons. The average molecular weight is 370 g/mol. The highest BCUT2D eigenvalue weighted by Crippen LogP contribution is 2.16. The first kappa shape index (κ1) is 19.2. The minimum atomic E-state index is -0.333. The number of aryl methyl sites for hydroxylation is 1. The van der Waals surface area contributed by atoms with E-state index in [0.717, 1.165) is 29.4 Å². The van der Waals surface area contributed by atoms with Crippen molar-refractivity contribution in [3.63, 3.8) is 0 Å². The van der Waals surface area contributed by atoms with E-state index in [-0.39, 0.29) is 40.6 Å². The van der Waals surface area contributed by atoms with Crippen LogP contribution in [0.15, 0.2) is 35.6 Å². The summed E-state index contributed by atoms with van der Waals surface area (Å²) < 4.78 is 0. The summed E-state index contributed by atoms with van der Waals surface area (Å²) in [5.74, 6) is -0.535. The van der Waals surface area contributed by atoms with Crippen molar-refractivity contribution >= 4 is 35.1 Å². The number of nitrogen functional groups attached to an aromatic ring is 1. The van der Waals surface area contributed by atoms with Crippen LogP contribution in [0.2, 0.25) is 0 Å². The number of rotatable bonds is 7. The number of para-hydroxylation sites is 1. The first-order valence-electron chi connectivity index (χ1n) is 7.83. The summed E-state index contributed by atoms with van der Waals surface area (Å²) in [6.45, 7) is 1.87. The number of anilines is 2. The number of hydrogen-bond donors (Lipinski definition) is 3. The van der Waals surface area contributed by atoms with Crippen LogP contribution in [0.5, 0.6) is 0 Å². The minimum absolute atomic E-state index is 0.0319. The van der Waals surface area contributed by atoms with Gasteiger partial charge in [0.25, 0.3) is 0 Å². The first-order valence-corrected chi connectivity index (χ1v) is 8.82. The van der Waals surface area contributed by atoms with E-state index in [1.165, 1.54) is 6.20 Å². The number of nitriles is 1. The van der Waals surface area contributed by atoms with Gasteiger partial charge in [0, 0.05) is 5.69 Å². The van der Waals surface area contributed by atoms with Gasteiger partial charge in [-0.2, -0.15) is 5.26 Å². The predicted molar refractivity (Wildman–Crippen MR) is 99.3 cm³/mol. The van der Waals surface area contributed by atoms with Crippen molar-refractivity contribution < 1.29 is 9.59 Å². The molecule has 0 aliphatic carbocycles. The van der Waals surface area contributed by atoms with Gasteiger partial charge >= 0.3 is 0 Å². The molecule has 4 N–H and O–H groups in total. The molecular formula is C17H18N6O2S. The molecule has 2 aromatic rings. The van der Waals surface area contributed by atoms with E-state index in [4.69, 9.17) is 11.0 Å². The van der Waals surface area contributed by atoms with Crippen molar-refractivity contribution in [1.82, 2.24) is 15.3 Å². The van der Waals surface area contributed by atoms with Crippen LogP contribution >= 0.6 is 11.8 Å². The van der Waals surface area contributed by atoms with E-state index in [1.807, 2.05) is 37.3 Å². The van der Waals surface area contributed by atoms with E-state index in [0.29, 0.717) is 0 Å². The number of aromatic nitrogens is 2. The molecule has 0 aliphatic heterocycles. The fourth-order valence-electron chi connectivity index (χ4n) is 2.04. The Morgan fingerprint density at radius 2 is 2.08 bits per heavy atom. The average Bonchev–Trinajstić information content (AvgIpc) is 2.65. The van der Waals surface area contributed by atoms with Crippen molar-refractivity contribution in [1.29, 1.82) is 5.26 Å². The summed E-state index contributed by atoms with van der Waals surface area (Å²) in [6.07, 6.45) is 2.11. The standard InChI is InChI=1S/C17H18N6O2S/c1-2-11-5-3-4-6-13(11)22-14(24)9-20-15(25)10-26-17-21-8-12(7-18)16(19)23-17/h3-6,8H,2,9-10H2,1H3,(H,20,25)(H,22,24)(H2,19,21,23). The van der Waals surface area contributed by atoms with E-state index in [1.54, 1.807) is 0 Å². The van der Waals surface area contributed by atoms with Crippen molar-refractivity contribution in [2.45, 2.75) is 18.5 Å². The molecule has 0 unspecified atom stereocenters. The fourth-order valence-corrected chi connectivity index (χ4v) is 2.69. The van der Waals surface area contributed by atoms with Crippen molar-refractivity contribution in [3.8, 4) is 6.07 Å². The number of hydrogen-bond acceptors (Lipinski definition) is 7. The van der Waals surface area contributed by atoms with Gasteiger partial charge in [0.15, 0.2) is 5.16 Å². The van der Waals surface area contributed by atoms with Crippen molar-refractivity contribution in [2.24, 2.45) is 0 Å². The molecule has 1 aromatic carbocycles. The Balaban J connectivity index is 1.79. The maximum absolute atomic E-state index is 12.0. The number of carbonyl (C=O) groups is 2. The Morgan fingerprint density at radius 3 is 2.77 bits per heavy atom. The normalized spacial score (nSPS) is 10.0. The van der Waals surface area contributed by atoms with E-state index in [9.17, 15) is 9.59 Å². The number of nitrogens with two attached hydrogens (primary N) is 1. The van der Waals surface area contributed by atoms with Crippen LogP contribution in [0, 0.1) is 11.3 Å². The molecule has 8 nitrogen and oxygen atoms in total. The molecule has 0 saturated heterocycles. The lowest BCUT2D eigenvalue weighted by atomic mass is 10.1. The summed E-state index contributed by atoms with van der Waals surface area (Å²) in [5, 5.41) is 14.4. The van der Waals surface area contributed by atoms with E-state index in [2.05, 4.69) is 20.6 Å². The third kappa shape index (κ3) is 5.46. The summed E-state index contributed by atoms with van der Waals surface area (Å²) in [5.41, 5.74) is 7.54. The Hall–Kier alpha value is -3.12. The topological polar surface area (TPSA) is 134 Å². The SMILES string of the molecule is CCc1ccccc1NC(=O)CNC(=O)CSc1ncc(C#N)c(N)n1. The quantitative estimate of drug-likeness (QED) is 0.494. The van der Waals surface area contributed by atoms with Gasteiger partial charge in [-0.15, -0.1) is 0 Å². The lowest BCUT2D eigenvalue weighted by Crippen LogP contribution is -2.34. The molecule has 0 atom stereocenters. The zero-order valence-electron chi connectivity index (χ0n) is 14.2. The third-order valence-electron chi connectivity index (χ3n) is 3.37. The molecule has 1 aromatic heterocycles. The van der Waals surface area contributed by atoms with Gasteiger partial charge in [0.2, 0.25) is 11.8 Å². The molecule has 2 rings (SSSR count). The number of nitrogens with zero attached hydrogens (tertiary/aromatic N) is 3. The van der Waals surface area contributed by atoms with Gasteiger partial charge in [0.1, 0.15) is 17.5 Å². The minimum Gasteiger partial charge on any atom is -0.382 e. The number of benzene rings is 1. The second-order valence-electron chi connectivity index (χ2n) is 5.19. The van der Waals surface area contributed by atoms with Crippen LogP contribution in [0.25, 0.3) is 0 Å². The monoisotopic (exact) mass is 370 g/mol. The van der Waals surface area contributed by atoms with Crippen LogP contribution < -0.4 is 16.4 Å². The molecule has 0 saturated carbocycles. The number of nitrogens with one attached hydrogen (secondary N) is 2. The van der Waals surface area contributed by atoms with Gasteiger partial charge in [-0.3, -0.25) is 9.59 Å². The van der Waals surface area contributed by atoms with Crippen molar-refractivity contribution in [3.05, 3.63) is 41.6 Å². The van der Waals surface area contributed by atoms with Crippen LogP contribution in [0.1, 0.15) is 18.1 Å². The first-order chi connectivity index (χ1) is 12.5. The second kappa shape index (κ2) is 9.39. The highest BCUT2D eigenvalue weighted by molar-refractivity contribution is 7.99. The molecular weight excluding hydrogens is 352 g/mol. The lowest BCUT2D eigenvalue weighted by Gasteiger charge is -2.10. The lowest BCUT2D eigenvalue weighted by molar-refractivity contribution is -0.122. The van der Waals surface area contributed by atoms with Crippen LogP contribution in [-0.2, 0) is 16.0 Å². The Morgan fingerprint density at radius 1 is 1.31 bits per heavy atom. The zero-order chi connectivity index (χ0) is 18.9.